The fourth-order valence-corrected chi connectivity index (χ4v) is 1.49. The third-order valence-corrected chi connectivity index (χ3v) is 2.51. The Morgan fingerprint density at radius 2 is 2.11 bits per heavy atom. The SMILES string of the molecule is CC(=O)c1cccnc1Oc1ccc(C)c(F)c1. The van der Waals surface area contributed by atoms with Gasteiger partial charge in [-0.2, -0.15) is 0 Å². The van der Waals surface area contributed by atoms with Gasteiger partial charge in [-0.15, -0.1) is 0 Å². The molecule has 4 heteroatoms. The van der Waals surface area contributed by atoms with Crippen LogP contribution in [0.3, 0.4) is 0 Å². The van der Waals surface area contributed by atoms with Gasteiger partial charge >= 0.3 is 0 Å². The summed E-state index contributed by atoms with van der Waals surface area (Å²) < 4.78 is 18.8. The van der Waals surface area contributed by atoms with Crippen LogP contribution in [0.1, 0.15) is 22.8 Å². The van der Waals surface area contributed by atoms with Crippen LogP contribution in [-0.2, 0) is 0 Å². The highest BCUT2D eigenvalue weighted by atomic mass is 19.1. The van der Waals surface area contributed by atoms with Crippen molar-refractivity contribution in [2.75, 3.05) is 0 Å². The first-order valence-electron chi connectivity index (χ1n) is 5.48. The molecule has 0 fully saturated rings. The Morgan fingerprint density at radius 1 is 1.33 bits per heavy atom. The van der Waals surface area contributed by atoms with E-state index < -0.39 is 0 Å². The number of carbonyl (C=O) groups excluding carboxylic acids is 1. The van der Waals surface area contributed by atoms with Crippen LogP contribution in [-0.4, -0.2) is 10.8 Å². The van der Waals surface area contributed by atoms with Crippen molar-refractivity contribution in [3.05, 3.63) is 53.5 Å². The summed E-state index contributed by atoms with van der Waals surface area (Å²) in [5, 5.41) is 0. The van der Waals surface area contributed by atoms with Gasteiger partial charge in [0.05, 0.1) is 5.56 Å². The van der Waals surface area contributed by atoms with Crippen LogP contribution in [0.5, 0.6) is 11.6 Å². The molecule has 0 aliphatic rings. The minimum absolute atomic E-state index is 0.148. The van der Waals surface area contributed by atoms with Gasteiger partial charge in [-0.3, -0.25) is 4.79 Å². The zero-order valence-corrected chi connectivity index (χ0v) is 10.1. The summed E-state index contributed by atoms with van der Waals surface area (Å²) in [6, 6.07) is 7.79. The van der Waals surface area contributed by atoms with Crippen molar-refractivity contribution in [1.29, 1.82) is 0 Å². The maximum absolute atomic E-state index is 13.4. The highest BCUT2D eigenvalue weighted by Crippen LogP contribution is 2.24. The fraction of sp³-hybridized carbons (Fsp3) is 0.143. The number of Topliss-reactive ketones (excluding diaryl/α,β-unsaturated/α-hetero) is 1. The summed E-state index contributed by atoms with van der Waals surface area (Å²) >= 11 is 0. The third-order valence-electron chi connectivity index (χ3n) is 2.51. The molecule has 0 aliphatic heterocycles. The van der Waals surface area contributed by atoms with E-state index in [0.29, 0.717) is 16.9 Å². The van der Waals surface area contributed by atoms with E-state index in [1.54, 1.807) is 31.2 Å². The van der Waals surface area contributed by atoms with E-state index in [9.17, 15) is 9.18 Å². The van der Waals surface area contributed by atoms with Crippen LogP contribution in [0.25, 0.3) is 0 Å². The number of ether oxygens (including phenoxy) is 1. The molecule has 1 aromatic heterocycles. The number of nitrogens with zero attached hydrogens (tertiary/aromatic N) is 1. The molecule has 1 heterocycles. The van der Waals surface area contributed by atoms with Crippen LogP contribution in [0.2, 0.25) is 0 Å². The van der Waals surface area contributed by atoms with E-state index in [1.807, 2.05) is 0 Å². The second-order valence-electron chi connectivity index (χ2n) is 3.93. The Morgan fingerprint density at radius 3 is 2.78 bits per heavy atom. The lowest BCUT2D eigenvalue weighted by molar-refractivity contribution is 0.101. The molecule has 0 radical (unpaired) electrons. The van der Waals surface area contributed by atoms with Gasteiger partial charge in [0.25, 0.3) is 0 Å². The Labute approximate surface area is 104 Å². The van der Waals surface area contributed by atoms with E-state index in [-0.39, 0.29) is 17.5 Å². The number of rotatable bonds is 3. The highest BCUT2D eigenvalue weighted by Gasteiger charge is 2.10. The molecule has 0 bridgehead atoms. The highest BCUT2D eigenvalue weighted by molar-refractivity contribution is 5.96. The number of pyridine rings is 1. The summed E-state index contributed by atoms with van der Waals surface area (Å²) in [7, 11) is 0. The molecule has 3 nitrogen and oxygen atoms in total. The molecule has 2 aromatic rings. The van der Waals surface area contributed by atoms with E-state index in [2.05, 4.69) is 4.98 Å². The minimum atomic E-state index is -0.354. The summed E-state index contributed by atoms with van der Waals surface area (Å²) in [6.07, 6.45) is 1.52. The van der Waals surface area contributed by atoms with E-state index >= 15 is 0 Å². The Balaban J connectivity index is 2.34. The lowest BCUT2D eigenvalue weighted by Crippen LogP contribution is -1.99. The van der Waals surface area contributed by atoms with Crippen LogP contribution in [0.4, 0.5) is 4.39 Å². The molecular weight excluding hydrogens is 233 g/mol. The number of ketones is 1. The average Bonchev–Trinajstić information content (AvgIpc) is 2.34. The second-order valence-corrected chi connectivity index (χ2v) is 3.93. The van der Waals surface area contributed by atoms with Gasteiger partial charge in [-0.05, 0) is 37.6 Å². The van der Waals surface area contributed by atoms with Crippen molar-refractivity contribution in [2.45, 2.75) is 13.8 Å². The summed E-state index contributed by atoms with van der Waals surface area (Å²) in [4.78, 5) is 15.4. The Kier molecular flexibility index (Phi) is 3.37. The van der Waals surface area contributed by atoms with Gasteiger partial charge in [0.15, 0.2) is 5.78 Å². The Hall–Kier alpha value is -2.23. The number of carbonyl (C=O) groups is 1. The zero-order valence-electron chi connectivity index (χ0n) is 10.1. The second kappa shape index (κ2) is 4.96. The van der Waals surface area contributed by atoms with Crippen molar-refractivity contribution in [3.8, 4) is 11.6 Å². The third kappa shape index (κ3) is 2.53. The molecular formula is C14H12FNO2. The molecule has 0 saturated carbocycles. The first kappa shape index (κ1) is 12.2. The first-order chi connectivity index (χ1) is 8.58. The van der Waals surface area contributed by atoms with Crippen molar-refractivity contribution < 1.29 is 13.9 Å². The monoisotopic (exact) mass is 245 g/mol. The van der Waals surface area contributed by atoms with E-state index in [0.717, 1.165) is 0 Å². The predicted octanol–water partition coefficient (Wildman–Crippen LogP) is 3.52. The molecule has 0 saturated heterocycles. The molecule has 2 rings (SSSR count). The summed E-state index contributed by atoms with van der Waals surface area (Å²) in [6.45, 7) is 3.10. The van der Waals surface area contributed by atoms with Gasteiger partial charge < -0.3 is 4.74 Å². The smallest absolute Gasteiger partial charge is 0.230 e. The normalized spacial score (nSPS) is 10.2. The minimum Gasteiger partial charge on any atom is -0.438 e. The summed E-state index contributed by atoms with van der Waals surface area (Å²) in [5.74, 6) is 0.00560. The van der Waals surface area contributed by atoms with Crippen LogP contribution in [0.15, 0.2) is 36.5 Å². The molecule has 1 aromatic carbocycles. The van der Waals surface area contributed by atoms with Crippen molar-refractivity contribution >= 4 is 5.78 Å². The van der Waals surface area contributed by atoms with Crippen LogP contribution in [0, 0.1) is 12.7 Å². The molecule has 0 unspecified atom stereocenters. The van der Waals surface area contributed by atoms with Crippen LogP contribution >= 0.6 is 0 Å². The molecule has 92 valence electrons. The molecule has 0 spiro atoms. The topological polar surface area (TPSA) is 39.2 Å². The van der Waals surface area contributed by atoms with Gasteiger partial charge in [0.2, 0.25) is 5.88 Å². The standard InChI is InChI=1S/C14H12FNO2/c1-9-5-6-11(8-13(9)15)18-14-12(10(2)17)4-3-7-16-14/h3-8H,1-2H3. The maximum atomic E-state index is 13.4. The van der Waals surface area contributed by atoms with Crippen molar-refractivity contribution in [1.82, 2.24) is 4.98 Å². The van der Waals surface area contributed by atoms with E-state index in [4.69, 9.17) is 4.74 Å². The lowest BCUT2D eigenvalue weighted by atomic mass is 10.2. The summed E-state index contributed by atoms with van der Waals surface area (Å²) in [5.41, 5.74) is 0.911. The largest absolute Gasteiger partial charge is 0.438 e. The lowest BCUT2D eigenvalue weighted by Gasteiger charge is -2.08. The molecule has 0 N–H and O–H groups in total. The van der Waals surface area contributed by atoms with Crippen molar-refractivity contribution in [3.63, 3.8) is 0 Å². The number of aromatic nitrogens is 1. The van der Waals surface area contributed by atoms with Gasteiger partial charge in [0, 0.05) is 12.3 Å². The molecule has 18 heavy (non-hydrogen) atoms. The van der Waals surface area contributed by atoms with Gasteiger partial charge in [-0.25, -0.2) is 9.37 Å². The number of halogens is 1. The average molecular weight is 245 g/mol. The number of benzene rings is 1. The van der Waals surface area contributed by atoms with E-state index in [1.165, 1.54) is 19.2 Å². The van der Waals surface area contributed by atoms with Gasteiger partial charge in [0.1, 0.15) is 11.6 Å². The molecule has 0 amide bonds. The zero-order chi connectivity index (χ0) is 13.1. The van der Waals surface area contributed by atoms with Crippen molar-refractivity contribution in [2.24, 2.45) is 0 Å². The fourth-order valence-electron chi connectivity index (χ4n) is 1.49. The Bertz CT molecular complexity index is 596. The quantitative estimate of drug-likeness (QED) is 0.776. The predicted molar refractivity (Wildman–Crippen MR) is 65.5 cm³/mol. The van der Waals surface area contributed by atoms with Gasteiger partial charge in [-0.1, -0.05) is 6.07 Å². The van der Waals surface area contributed by atoms with Crippen LogP contribution < -0.4 is 4.74 Å². The number of hydrogen-bond donors (Lipinski definition) is 0. The molecule has 0 aliphatic carbocycles. The maximum Gasteiger partial charge on any atom is 0.230 e. The number of aryl methyl sites for hydroxylation is 1. The molecule has 0 atom stereocenters. The number of hydrogen-bond acceptors (Lipinski definition) is 3. The first-order valence-corrected chi connectivity index (χ1v) is 5.48.